The van der Waals surface area contributed by atoms with Gasteiger partial charge >= 0.3 is 0 Å². The van der Waals surface area contributed by atoms with Crippen molar-refractivity contribution >= 4 is 17.6 Å². The third-order valence-corrected chi connectivity index (χ3v) is 5.99. The molecule has 0 amide bonds. The highest BCUT2D eigenvalue weighted by Crippen LogP contribution is 2.82. The molecule has 0 radical (unpaired) electrons. The Hall–Kier alpha value is -2.06. The number of benzene rings is 1. The maximum absolute atomic E-state index is 10.0. The van der Waals surface area contributed by atoms with E-state index in [1.54, 1.807) is 11.8 Å². The molecule has 2 aliphatic heterocycles. The van der Waals surface area contributed by atoms with Crippen LogP contribution in [0.5, 0.6) is 0 Å². The Kier molecular flexibility index (Phi) is 3.05. The van der Waals surface area contributed by atoms with Gasteiger partial charge in [0, 0.05) is 10.8 Å². The standard InChI is InChI=1S/C17H16N4O2S/c1-10-7-22-17(23-10)16(9-19)13(15(16,8-18)14(20)21-17)11-3-5-12(24-2)6-4-11/h3-6,10,13H,7H2,1-2H3,(H2,20,21)/t10-,13-,15-,16+,17+/m1/s1. The predicted molar refractivity (Wildman–Crippen MR) is 87.9 cm³/mol. The molecule has 7 heteroatoms. The second kappa shape index (κ2) is 4.73. The second-order valence-electron chi connectivity index (χ2n) is 6.36. The molecule has 1 aromatic rings. The zero-order chi connectivity index (χ0) is 17.2. The maximum Gasteiger partial charge on any atom is 0.293 e. The SMILES string of the molecule is CSc1ccc([C@H]2[C@]3(C#N)[C@]4(N=C(N)[C@@]23C#N)OC[C@@H](C)O4)cc1. The van der Waals surface area contributed by atoms with Crippen LogP contribution in [0, 0.1) is 33.5 Å². The lowest BCUT2D eigenvalue weighted by Gasteiger charge is -2.26. The summed E-state index contributed by atoms with van der Waals surface area (Å²) in [7, 11) is 0. The molecular formula is C17H16N4O2S. The fraction of sp³-hybridized carbons (Fsp3) is 0.471. The molecule has 1 saturated carbocycles. The van der Waals surface area contributed by atoms with Gasteiger partial charge in [-0.15, -0.1) is 11.8 Å². The van der Waals surface area contributed by atoms with E-state index < -0.39 is 22.7 Å². The number of amidine groups is 1. The average Bonchev–Trinajstić information content (AvgIpc) is 2.99. The van der Waals surface area contributed by atoms with E-state index in [0.717, 1.165) is 10.5 Å². The van der Waals surface area contributed by atoms with Crippen molar-refractivity contribution in [3.05, 3.63) is 29.8 Å². The highest BCUT2D eigenvalue weighted by atomic mass is 32.2. The van der Waals surface area contributed by atoms with Gasteiger partial charge in [0.1, 0.15) is 11.3 Å². The van der Waals surface area contributed by atoms with Gasteiger partial charge in [-0.25, -0.2) is 4.99 Å². The van der Waals surface area contributed by atoms with Crippen LogP contribution in [0.25, 0.3) is 0 Å². The monoisotopic (exact) mass is 340 g/mol. The van der Waals surface area contributed by atoms with Gasteiger partial charge in [0.15, 0.2) is 5.41 Å². The van der Waals surface area contributed by atoms with Crippen LogP contribution in [0.15, 0.2) is 34.2 Å². The Labute approximate surface area is 144 Å². The molecule has 2 heterocycles. The van der Waals surface area contributed by atoms with Crippen LogP contribution in [0.4, 0.5) is 0 Å². The van der Waals surface area contributed by atoms with E-state index in [4.69, 9.17) is 15.2 Å². The van der Waals surface area contributed by atoms with Crippen LogP contribution < -0.4 is 5.73 Å². The van der Waals surface area contributed by atoms with E-state index in [9.17, 15) is 10.5 Å². The number of nitrogens with two attached hydrogens (primary N) is 1. The van der Waals surface area contributed by atoms with Crippen molar-refractivity contribution in [2.75, 3.05) is 12.9 Å². The normalized spacial score (nSPS) is 42.2. The number of thioether (sulfide) groups is 1. The van der Waals surface area contributed by atoms with Crippen LogP contribution in [-0.4, -0.2) is 30.7 Å². The van der Waals surface area contributed by atoms with E-state index in [1.165, 1.54) is 0 Å². The number of nitriles is 2. The molecule has 2 N–H and O–H groups in total. The average molecular weight is 340 g/mol. The third-order valence-electron chi connectivity index (χ3n) is 5.25. The van der Waals surface area contributed by atoms with E-state index in [2.05, 4.69) is 17.1 Å². The molecule has 122 valence electrons. The number of nitrogens with zero attached hydrogens (tertiary/aromatic N) is 3. The molecule has 2 fully saturated rings. The first-order chi connectivity index (χ1) is 11.5. The number of fused-ring (bicyclic) bond motifs is 2. The summed E-state index contributed by atoms with van der Waals surface area (Å²) in [5, 5.41) is 19.9. The fourth-order valence-corrected chi connectivity index (χ4v) is 4.57. The van der Waals surface area contributed by atoms with Gasteiger partial charge in [-0.05, 0) is 30.9 Å². The quantitative estimate of drug-likeness (QED) is 0.826. The fourth-order valence-electron chi connectivity index (χ4n) is 4.16. The van der Waals surface area contributed by atoms with Crippen LogP contribution in [0.1, 0.15) is 18.4 Å². The van der Waals surface area contributed by atoms with Crippen molar-refractivity contribution in [1.29, 1.82) is 10.5 Å². The third kappa shape index (κ3) is 1.46. The van der Waals surface area contributed by atoms with E-state index in [0.29, 0.717) is 6.61 Å². The summed E-state index contributed by atoms with van der Waals surface area (Å²) in [6.07, 6.45) is 1.79. The Balaban J connectivity index is 1.87. The van der Waals surface area contributed by atoms with Gasteiger partial charge < -0.3 is 15.2 Å². The number of hydrogen-bond donors (Lipinski definition) is 1. The molecule has 1 aliphatic carbocycles. The van der Waals surface area contributed by atoms with E-state index >= 15 is 0 Å². The largest absolute Gasteiger partial charge is 0.386 e. The van der Waals surface area contributed by atoms with Crippen LogP contribution in [-0.2, 0) is 9.47 Å². The lowest BCUT2D eigenvalue weighted by Crippen LogP contribution is -2.39. The Morgan fingerprint density at radius 1 is 1.29 bits per heavy atom. The summed E-state index contributed by atoms with van der Waals surface area (Å²) in [5.41, 5.74) is 4.55. The molecule has 5 atom stereocenters. The minimum absolute atomic E-state index is 0.125. The van der Waals surface area contributed by atoms with Crippen molar-refractivity contribution in [3.8, 4) is 12.1 Å². The van der Waals surface area contributed by atoms with E-state index in [-0.39, 0.29) is 11.9 Å². The molecule has 0 bridgehead atoms. The van der Waals surface area contributed by atoms with Crippen molar-refractivity contribution in [1.82, 2.24) is 0 Å². The molecule has 1 aromatic carbocycles. The Bertz CT molecular complexity index is 826. The van der Waals surface area contributed by atoms with Crippen molar-refractivity contribution in [2.24, 2.45) is 21.6 Å². The van der Waals surface area contributed by atoms with Crippen LogP contribution in [0.2, 0.25) is 0 Å². The molecule has 0 unspecified atom stereocenters. The van der Waals surface area contributed by atoms with Gasteiger partial charge in [0.2, 0.25) is 0 Å². The highest BCUT2D eigenvalue weighted by molar-refractivity contribution is 7.98. The molecule has 6 nitrogen and oxygen atoms in total. The molecule has 24 heavy (non-hydrogen) atoms. The van der Waals surface area contributed by atoms with Crippen molar-refractivity contribution in [2.45, 2.75) is 29.8 Å². The summed E-state index contributed by atoms with van der Waals surface area (Å²) in [4.78, 5) is 5.41. The van der Waals surface area contributed by atoms with Crippen molar-refractivity contribution in [3.63, 3.8) is 0 Å². The second-order valence-corrected chi connectivity index (χ2v) is 7.24. The number of aliphatic imine (C=N–C) groups is 1. The molecule has 1 spiro atoms. The van der Waals surface area contributed by atoms with Gasteiger partial charge in [-0.1, -0.05) is 12.1 Å². The number of rotatable bonds is 2. The molecule has 4 rings (SSSR count). The van der Waals surface area contributed by atoms with Crippen LogP contribution >= 0.6 is 11.8 Å². The zero-order valence-electron chi connectivity index (χ0n) is 13.3. The van der Waals surface area contributed by atoms with E-state index in [1.807, 2.05) is 37.4 Å². The summed E-state index contributed by atoms with van der Waals surface area (Å²) >= 11 is 1.63. The first-order valence-electron chi connectivity index (χ1n) is 7.65. The highest BCUT2D eigenvalue weighted by Gasteiger charge is 2.94. The predicted octanol–water partition coefficient (Wildman–Crippen LogP) is 1.99. The van der Waals surface area contributed by atoms with Crippen LogP contribution in [0.3, 0.4) is 0 Å². The topological polar surface area (TPSA) is 104 Å². The first kappa shape index (κ1) is 15.5. The molecule has 0 aromatic heterocycles. The van der Waals surface area contributed by atoms with Gasteiger partial charge in [-0.3, -0.25) is 0 Å². The summed E-state index contributed by atoms with van der Waals surface area (Å²) < 4.78 is 11.7. The first-order valence-corrected chi connectivity index (χ1v) is 8.88. The van der Waals surface area contributed by atoms with Crippen molar-refractivity contribution < 1.29 is 9.47 Å². The van der Waals surface area contributed by atoms with Gasteiger partial charge in [-0.2, -0.15) is 10.5 Å². The van der Waals surface area contributed by atoms with Gasteiger partial charge in [0.05, 0.1) is 24.8 Å². The molecule has 1 saturated heterocycles. The number of hydrogen-bond acceptors (Lipinski definition) is 7. The minimum atomic E-state index is -1.48. The lowest BCUT2D eigenvalue weighted by molar-refractivity contribution is -0.193. The van der Waals surface area contributed by atoms with Gasteiger partial charge in [0.25, 0.3) is 5.91 Å². The smallest absolute Gasteiger partial charge is 0.293 e. The molecule has 3 aliphatic rings. The lowest BCUT2D eigenvalue weighted by atomic mass is 9.94. The summed E-state index contributed by atoms with van der Waals surface area (Å²) in [6.45, 7) is 2.17. The maximum atomic E-state index is 10.0. The summed E-state index contributed by atoms with van der Waals surface area (Å²) in [6, 6.07) is 12.4. The minimum Gasteiger partial charge on any atom is -0.386 e. The Morgan fingerprint density at radius 2 is 2.00 bits per heavy atom. The summed E-state index contributed by atoms with van der Waals surface area (Å²) in [5.74, 6) is -1.78. The molecular weight excluding hydrogens is 324 g/mol. The zero-order valence-corrected chi connectivity index (χ0v) is 14.1. The number of ether oxygens (including phenoxy) is 2. The Morgan fingerprint density at radius 3 is 2.50 bits per heavy atom.